The van der Waals surface area contributed by atoms with E-state index in [1.807, 2.05) is 20.8 Å². The second-order valence-corrected chi connectivity index (χ2v) is 9.92. The first-order valence-corrected chi connectivity index (χ1v) is 12.2. The summed E-state index contributed by atoms with van der Waals surface area (Å²) in [7, 11) is 0. The van der Waals surface area contributed by atoms with Crippen molar-refractivity contribution >= 4 is 23.8 Å². The maximum atomic E-state index is 13.9. The summed E-state index contributed by atoms with van der Waals surface area (Å²) in [5, 5.41) is 5.45. The van der Waals surface area contributed by atoms with Gasteiger partial charge in [0.05, 0.1) is 0 Å². The quantitative estimate of drug-likeness (QED) is 0.380. The highest BCUT2D eigenvalue weighted by Gasteiger charge is 2.36. The molecule has 0 saturated heterocycles. The highest BCUT2D eigenvalue weighted by molar-refractivity contribution is 5.92. The lowest BCUT2D eigenvalue weighted by molar-refractivity contribution is -0.143. The molecule has 0 saturated carbocycles. The van der Waals surface area contributed by atoms with Crippen molar-refractivity contribution in [2.75, 3.05) is 6.54 Å². The topological polar surface area (TPSA) is 131 Å². The standard InChI is InChI=1S/C27H40N4O5/c1-8-10-17-31(23(24(33)29-18(3)4)20-13-11-19(9-2)12-14-20)25(34)21(15-16-22(28)32)30-26(35)36-27(5,6)7/h2,11-14,18,21,23H,8,10,15-17H2,1,3-7H3,(H2,28,32)(H,29,33)(H,30,35). The summed E-state index contributed by atoms with van der Waals surface area (Å²) in [6.07, 6.45) is 5.89. The molecule has 1 aromatic carbocycles. The lowest BCUT2D eigenvalue weighted by Gasteiger charge is -2.35. The van der Waals surface area contributed by atoms with Crippen LogP contribution in [0.25, 0.3) is 0 Å². The number of terminal acetylenes is 1. The molecule has 9 heteroatoms. The smallest absolute Gasteiger partial charge is 0.408 e. The molecule has 0 aliphatic heterocycles. The van der Waals surface area contributed by atoms with Crippen LogP contribution < -0.4 is 16.4 Å². The van der Waals surface area contributed by atoms with Gasteiger partial charge in [-0.15, -0.1) is 6.42 Å². The number of ether oxygens (including phenoxy) is 1. The fourth-order valence-electron chi connectivity index (χ4n) is 3.49. The molecule has 0 fully saturated rings. The van der Waals surface area contributed by atoms with E-state index in [-0.39, 0.29) is 31.3 Å². The number of carbonyl (C=O) groups excluding carboxylic acids is 4. The van der Waals surface area contributed by atoms with E-state index < -0.39 is 35.6 Å². The molecule has 0 spiro atoms. The predicted molar refractivity (Wildman–Crippen MR) is 139 cm³/mol. The molecule has 0 aliphatic carbocycles. The fourth-order valence-corrected chi connectivity index (χ4v) is 3.49. The molecule has 1 rings (SSSR count). The van der Waals surface area contributed by atoms with Gasteiger partial charge in [0.25, 0.3) is 0 Å². The number of nitrogens with two attached hydrogens (primary N) is 1. The third kappa shape index (κ3) is 10.4. The van der Waals surface area contributed by atoms with Crippen LogP contribution in [0.2, 0.25) is 0 Å². The predicted octanol–water partition coefficient (Wildman–Crippen LogP) is 3.02. The number of carbonyl (C=O) groups is 4. The number of nitrogens with one attached hydrogen (secondary N) is 2. The summed E-state index contributed by atoms with van der Waals surface area (Å²) in [5.74, 6) is 1.05. The number of primary amides is 1. The third-order valence-electron chi connectivity index (χ3n) is 5.09. The molecular formula is C27H40N4O5. The van der Waals surface area contributed by atoms with Gasteiger partial charge in [-0.2, -0.15) is 0 Å². The zero-order valence-corrected chi connectivity index (χ0v) is 22.2. The average molecular weight is 501 g/mol. The molecule has 0 radical (unpaired) electrons. The van der Waals surface area contributed by atoms with E-state index in [0.717, 1.165) is 6.42 Å². The molecule has 36 heavy (non-hydrogen) atoms. The number of hydrogen-bond donors (Lipinski definition) is 3. The van der Waals surface area contributed by atoms with Gasteiger partial charge in [0.15, 0.2) is 0 Å². The van der Waals surface area contributed by atoms with Crippen LogP contribution in [0.3, 0.4) is 0 Å². The molecule has 198 valence electrons. The Kier molecular flexibility index (Phi) is 12.0. The zero-order valence-electron chi connectivity index (χ0n) is 22.2. The number of unbranched alkanes of at least 4 members (excludes halogenated alkanes) is 1. The van der Waals surface area contributed by atoms with Crippen molar-refractivity contribution < 1.29 is 23.9 Å². The second-order valence-electron chi connectivity index (χ2n) is 9.92. The Morgan fingerprint density at radius 2 is 1.72 bits per heavy atom. The summed E-state index contributed by atoms with van der Waals surface area (Å²) in [6, 6.07) is 4.57. The van der Waals surface area contributed by atoms with E-state index in [1.165, 1.54) is 4.90 Å². The van der Waals surface area contributed by atoms with Crippen LogP contribution in [0.4, 0.5) is 4.79 Å². The Balaban J connectivity index is 3.48. The Morgan fingerprint density at radius 1 is 1.11 bits per heavy atom. The molecule has 0 bridgehead atoms. The first-order chi connectivity index (χ1) is 16.8. The number of amides is 4. The van der Waals surface area contributed by atoms with Crippen LogP contribution in [-0.2, 0) is 19.1 Å². The SMILES string of the molecule is C#Cc1ccc(C(C(=O)NC(C)C)N(CCCC)C(=O)C(CCC(N)=O)NC(=O)OC(C)(C)C)cc1. The van der Waals surface area contributed by atoms with Gasteiger partial charge in [-0.1, -0.05) is 31.4 Å². The molecule has 0 aliphatic rings. The van der Waals surface area contributed by atoms with E-state index in [0.29, 0.717) is 17.5 Å². The van der Waals surface area contributed by atoms with Crippen LogP contribution >= 0.6 is 0 Å². The van der Waals surface area contributed by atoms with Crippen molar-refractivity contribution in [2.24, 2.45) is 5.73 Å². The van der Waals surface area contributed by atoms with Crippen molar-refractivity contribution in [1.29, 1.82) is 0 Å². The van der Waals surface area contributed by atoms with E-state index in [2.05, 4.69) is 16.6 Å². The number of rotatable bonds is 12. The van der Waals surface area contributed by atoms with Gasteiger partial charge in [-0.25, -0.2) is 4.79 Å². The first kappa shape index (κ1) is 30.5. The highest BCUT2D eigenvalue weighted by atomic mass is 16.6. The molecule has 0 heterocycles. The maximum absolute atomic E-state index is 13.9. The van der Waals surface area contributed by atoms with Crippen LogP contribution in [-0.4, -0.2) is 52.9 Å². The van der Waals surface area contributed by atoms with Gasteiger partial charge in [-0.05, 0) is 65.2 Å². The molecule has 1 aromatic rings. The van der Waals surface area contributed by atoms with Crippen LogP contribution in [0.15, 0.2) is 24.3 Å². The summed E-state index contributed by atoms with van der Waals surface area (Å²) < 4.78 is 5.32. The van der Waals surface area contributed by atoms with Gasteiger partial charge in [0.2, 0.25) is 17.7 Å². The van der Waals surface area contributed by atoms with Crippen LogP contribution in [0.1, 0.15) is 84.4 Å². The number of benzene rings is 1. The third-order valence-corrected chi connectivity index (χ3v) is 5.09. The monoisotopic (exact) mass is 500 g/mol. The lowest BCUT2D eigenvalue weighted by atomic mass is 9.99. The van der Waals surface area contributed by atoms with Gasteiger partial charge in [0, 0.05) is 24.6 Å². The molecule has 2 atom stereocenters. The van der Waals surface area contributed by atoms with Gasteiger partial charge >= 0.3 is 6.09 Å². The Morgan fingerprint density at radius 3 is 2.19 bits per heavy atom. The minimum absolute atomic E-state index is 0.0371. The van der Waals surface area contributed by atoms with Crippen molar-refractivity contribution in [2.45, 2.75) is 91.0 Å². The Labute approximate surface area is 214 Å². The maximum Gasteiger partial charge on any atom is 0.408 e. The van der Waals surface area contributed by atoms with Gasteiger partial charge < -0.3 is 26.0 Å². The summed E-state index contributed by atoms with van der Waals surface area (Å²) in [6.45, 7) is 11.0. The normalized spacial score (nSPS) is 12.7. The summed E-state index contributed by atoms with van der Waals surface area (Å²) >= 11 is 0. The Hall–Kier alpha value is -3.54. The summed E-state index contributed by atoms with van der Waals surface area (Å²) in [5.41, 5.74) is 5.74. The van der Waals surface area contributed by atoms with Gasteiger partial charge in [-0.3, -0.25) is 14.4 Å². The van der Waals surface area contributed by atoms with E-state index in [1.54, 1.807) is 45.0 Å². The van der Waals surface area contributed by atoms with Crippen LogP contribution in [0.5, 0.6) is 0 Å². The van der Waals surface area contributed by atoms with E-state index >= 15 is 0 Å². The van der Waals surface area contributed by atoms with Crippen molar-refractivity contribution in [3.8, 4) is 12.3 Å². The molecule has 2 unspecified atom stereocenters. The van der Waals surface area contributed by atoms with Crippen molar-refractivity contribution in [3.63, 3.8) is 0 Å². The number of nitrogens with zero attached hydrogens (tertiary/aromatic N) is 1. The molecule has 4 amide bonds. The number of alkyl carbamates (subject to hydrolysis) is 1. The first-order valence-electron chi connectivity index (χ1n) is 12.2. The molecule has 4 N–H and O–H groups in total. The van der Waals surface area contributed by atoms with E-state index in [9.17, 15) is 19.2 Å². The number of hydrogen-bond acceptors (Lipinski definition) is 5. The van der Waals surface area contributed by atoms with Crippen molar-refractivity contribution in [3.05, 3.63) is 35.4 Å². The summed E-state index contributed by atoms with van der Waals surface area (Å²) in [4.78, 5) is 52.7. The minimum atomic E-state index is -1.12. The van der Waals surface area contributed by atoms with Gasteiger partial charge in [0.1, 0.15) is 17.7 Å². The van der Waals surface area contributed by atoms with E-state index in [4.69, 9.17) is 16.9 Å². The molecule has 9 nitrogen and oxygen atoms in total. The molecule has 0 aromatic heterocycles. The average Bonchev–Trinajstić information content (AvgIpc) is 2.77. The van der Waals surface area contributed by atoms with Crippen LogP contribution in [0, 0.1) is 12.3 Å². The fraction of sp³-hybridized carbons (Fsp3) is 0.556. The highest BCUT2D eigenvalue weighted by Crippen LogP contribution is 2.25. The second kappa shape index (κ2) is 14.1. The Bertz CT molecular complexity index is 944. The molecular weight excluding hydrogens is 460 g/mol. The zero-order chi connectivity index (χ0) is 27.5. The minimum Gasteiger partial charge on any atom is -0.444 e. The largest absolute Gasteiger partial charge is 0.444 e. The van der Waals surface area contributed by atoms with Crippen molar-refractivity contribution in [1.82, 2.24) is 15.5 Å². The lowest BCUT2D eigenvalue weighted by Crippen LogP contribution is -2.53.